The van der Waals surface area contributed by atoms with E-state index in [1.54, 1.807) is 0 Å². The van der Waals surface area contributed by atoms with Gasteiger partial charge in [-0.05, 0) is 62.9 Å². The highest BCUT2D eigenvalue weighted by atomic mass is 79.9. The molecule has 1 unspecified atom stereocenters. The fourth-order valence-electron chi connectivity index (χ4n) is 2.71. The Morgan fingerprint density at radius 1 is 1.33 bits per heavy atom. The van der Waals surface area contributed by atoms with Gasteiger partial charge >= 0.3 is 0 Å². The Balaban J connectivity index is 0.00000220. The molecule has 1 amide bonds. The van der Waals surface area contributed by atoms with Crippen molar-refractivity contribution < 1.29 is 4.79 Å². The molecule has 0 aromatic heterocycles. The van der Waals surface area contributed by atoms with Crippen molar-refractivity contribution in [2.24, 2.45) is 5.92 Å². The molecule has 1 aromatic carbocycles. The minimum atomic E-state index is 0. The first kappa shape index (κ1) is 18.5. The minimum absolute atomic E-state index is 0. The van der Waals surface area contributed by atoms with Crippen molar-refractivity contribution in [3.8, 4) is 0 Å². The summed E-state index contributed by atoms with van der Waals surface area (Å²) in [7, 11) is 0. The van der Waals surface area contributed by atoms with E-state index in [1.165, 1.54) is 5.56 Å². The second-order valence-electron chi connectivity index (χ2n) is 5.70. The maximum atomic E-state index is 12.0. The molecule has 1 aliphatic rings. The van der Waals surface area contributed by atoms with E-state index < -0.39 is 0 Å². The molecule has 0 aliphatic carbocycles. The van der Waals surface area contributed by atoms with Crippen LogP contribution in [0.1, 0.15) is 31.7 Å². The maximum Gasteiger partial charge on any atom is 0.220 e. The standard InChI is InChI=1S/C16H23BrN2O.ClH/c1-12(10-13-2-4-15(17)5-3-13)19-16(20)11-14-6-8-18-9-7-14;/h2-5,12,14,18H,6-11H2,1H3,(H,19,20);1H. The molecule has 3 nitrogen and oxygen atoms in total. The summed E-state index contributed by atoms with van der Waals surface area (Å²) in [6.45, 7) is 4.17. The predicted octanol–water partition coefficient (Wildman–Crippen LogP) is 3.31. The molecule has 0 saturated carbocycles. The Bertz CT molecular complexity index is 432. The maximum absolute atomic E-state index is 12.0. The largest absolute Gasteiger partial charge is 0.353 e. The molecule has 2 N–H and O–H groups in total. The van der Waals surface area contributed by atoms with Crippen LogP contribution in [0.3, 0.4) is 0 Å². The van der Waals surface area contributed by atoms with E-state index in [0.717, 1.165) is 36.8 Å². The van der Waals surface area contributed by atoms with Gasteiger partial charge in [0, 0.05) is 16.9 Å². The first-order valence-corrected chi connectivity index (χ1v) is 8.17. The van der Waals surface area contributed by atoms with Crippen LogP contribution in [0, 0.1) is 5.92 Å². The highest BCUT2D eigenvalue weighted by molar-refractivity contribution is 9.10. The van der Waals surface area contributed by atoms with Crippen LogP contribution in [-0.2, 0) is 11.2 Å². The molecular formula is C16H24BrClN2O. The molecule has 0 bridgehead atoms. The van der Waals surface area contributed by atoms with Gasteiger partial charge < -0.3 is 10.6 Å². The molecule has 1 aliphatic heterocycles. The summed E-state index contributed by atoms with van der Waals surface area (Å²) in [4.78, 5) is 12.0. The van der Waals surface area contributed by atoms with Crippen molar-refractivity contribution in [1.82, 2.24) is 10.6 Å². The van der Waals surface area contributed by atoms with Crippen LogP contribution < -0.4 is 10.6 Å². The van der Waals surface area contributed by atoms with Gasteiger partial charge in [0.05, 0.1) is 0 Å². The van der Waals surface area contributed by atoms with Gasteiger partial charge in [-0.2, -0.15) is 0 Å². The number of amides is 1. The number of hydrogen-bond acceptors (Lipinski definition) is 2. The predicted molar refractivity (Wildman–Crippen MR) is 92.9 cm³/mol. The Kier molecular flexibility index (Phi) is 8.30. The molecule has 118 valence electrons. The van der Waals surface area contributed by atoms with Crippen LogP contribution in [0.5, 0.6) is 0 Å². The Labute approximate surface area is 141 Å². The van der Waals surface area contributed by atoms with E-state index in [0.29, 0.717) is 12.3 Å². The third-order valence-corrected chi connectivity index (χ3v) is 4.32. The van der Waals surface area contributed by atoms with Gasteiger partial charge in [0.25, 0.3) is 0 Å². The summed E-state index contributed by atoms with van der Waals surface area (Å²) in [6, 6.07) is 8.46. The van der Waals surface area contributed by atoms with Gasteiger partial charge in [-0.15, -0.1) is 12.4 Å². The van der Waals surface area contributed by atoms with Crippen molar-refractivity contribution in [1.29, 1.82) is 0 Å². The minimum Gasteiger partial charge on any atom is -0.353 e. The number of hydrogen-bond donors (Lipinski definition) is 2. The lowest BCUT2D eigenvalue weighted by Crippen LogP contribution is -2.37. The summed E-state index contributed by atoms with van der Waals surface area (Å²) in [5, 5.41) is 6.45. The van der Waals surface area contributed by atoms with Crippen molar-refractivity contribution >= 4 is 34.2 Å². The van der Waals surface area contributed by atoms with E-state index >= 15 is 0 Å². The zero-order chi connectivity index (χ0) is 14.4. The number of carbonyl (C=O) groups is 1. The molecule has 2 rings (SSSR count). The first-order valence-electron chi connectivity index (χ1n) is 7.38. The quantitative estimate of drug-likeness (QED) is 0.829. The fraction of sp³-hybridized carbons (Fsp3) is 0.562. The fourth-order valence-corrected chi connectivity index (χ4v) is 2.97. The van der Waals surface area contributed by atoms with Crippen molar-refractivity contribution in [3.05, 3.63) is 34.3 Å². The lowest BCUT2D eigenvalue weighted by molar-refractivity contribution is -0.122. The molecule has 5 heteroatoms. The summed E-state index contributed by atoms with van der Waals surface area (Å²) < 4.78 is 1.09. The number of carbonyl (C=O) groups excluding carboxylic acids is 1. The third-order valence-electron chi connectivity index (χ3n) is 3.80. The van der Waals surface area contributed by atoms with E-state index in [-0.39, 0.29) is 24.4 Å². The molecule has 1 aromatic rings. The van der Waals surface area contributed by atoms with Crippen molar-refractivity contribution in [3.63, 3.8) is 0 Å². The van der Waals surface area contributed by atoms with E-state index in [2.05, 4.69) is 45.6 Å². The van der Waals surface area contributed by atoms with Gasteiger partial charge in [-0.1, -0.05) is 28.1 Å². The molecule has 1 atom stereocenters. The number of nitrogens with one attached hydrogen (secondary N) is 2. The van der Waals surface area contributed by atoms with Crippen LogP contribution in [-0.4, -0.2) is 25.0 Å². The monoisotopic (exact) mass is 374 g/mol. The van der Waals surface area contributed by atoms with Crippen LogP contribution in [0.4, 0.5) is 0 Å². The van der Waals surface area contributed by atoms with Gasteiger partial charge in [-0.3, -0.25) is 4.79 Å². The summed E-state index contributed by atoms with van der Waals surface area (Å²) >= 11 is 3.43. The molecule has 1 fully saturated rings. The molecule has 0 spiro atoms. The molecule has 1 saturated heterocycles. The molecule has 21 heavy (non-hydrogen) atoms. The molecule has 0 radical (unpaired) electrons. The van der Waals surface area contributed by atoms with E-state index in [1.807, 2.05) is 12.1 Å². The topological polar surface area (TPSA) is 41.1 Å². The van der Waals surface area contributed by atoms with Gasteiger partial charge in [0.2, 0.25) is 5.91 Å². The van der Waals surface area contributed by atoms with Gasteiger partial charge in [-0.25, -0.2) is 0 Å². The second-order valence-corrected chi connectivity index (χ2v) is 6.61. The van der Waals surface area contributed by atoms with Crippen molar-refractivity contribution in [2.45, 2.75) is 38.6 Å². The van der Waals surface area contributed by atoms with Crippen molar-refractivity contribution in [2.75, 3.05) is 13.1 Å². The van der Waals surface area contributed by atoms with Crippen LogP contribution in [0.2, 0.25) is 0 Å². The highest BCUT2D eigenvalue weighted by Crippen LogP contribution is 2.16. The zero-order valence-corrected chi connectivity index (χ0v) is 14.8. The average molecular weight is 376 g/mol. The van der Waals surface area contributed by atoms with Crippen LogP contribution in [0.25, 0.3) is 0 Å². The normalized spacial score (nSPS) is 16.9. The van der Waals surface area contributed by atoms with Crippen LogP contribution in [0.15, 0.2) is 28.7 Å². The zero-order valence-electron chi connectivity index (χ0n) is 12.4. The lowest BCUT2D eigenvalue weighted by Gasteiger charge is -2.23. The second kappa shape index (κ2) is 9.44. The third kappa shape index (κ3) is 6.81. The Hall–Kier alpha value is -0.580. The summed E-state index contributed by atoms with van der Waals surface area (Å²) in [6.07, 6.45) is 3.79. The van der Waals surface area contributed by atoms with E-state index in [9.17, 15) is 4.79 Å². The van der Waals surface area contributed by atoms with E-state index in [4.69, 9.17) is 0 Å². The SMILES string of the molecule is CC(Cc1ccc(Br)cc1)NC(=O)CC1CCNCC1.Cl. The number of halogens is 2. The smallest absolute Gasteiger partial charge is 0.220 e. The summed E-state index contributed by atoms with van der Waals surface area (Å²) in [5.74, 6) is 0.748. The lowest BCUT2D eigenvalue weighted by atomic mass is 9.94. The average Bonchev–Trinajstić information content (AvgIpc) is 2.42. The van der Waals surface area contributed by atoms with Crippen LogP contribution >= 0.6 is 28.3 Å². The summed E-state index contributed by atoms with van der Waals surface area (Å²) in [5.41, 5.74) is 1.25. The molecule has 1 heterocycles. The van der Waals surface area contributed by atoms with Gasteiger partial charge in [0.15, 0.2) is 0 Å². The first-order chi connectivity index (χ1) is 9.63. The number of benzene rings is 1. The number of rotatable bonds is 5. The molecular weight excluding hydrogens is 352 g/mol. The number of piperidine rings is 1. The van der Waals surface area contributed by atoms with Gasteiger partial charge in [0.1, 0.15) is 0 Å². The Morgan fingerprint density at radius 2 is 1.95 bits per heavy atom. The highest BCUT2D eigenvalue weighted by Gasteiger charge is 2.17. The Morgan fingerprint density at radius 3 is 2.57 bits per heavy atom.